The number of fused-ring (bicyclic) bond motifs is 1. The highest BCUT2D eigenvalue weighted by atomic mass is 16.3. The normalized spacial score (nSPS) is 28.5. The summed E-state index contributed by atoms with van der Waals surface area (Å²) in [5, 5.41) is 18.7. The molecule has 2 N–H and O–H groups in total. The second kappa shape index (κ2) is 2.32. The average molecular weight is 150 g/mol. The fraction of sp³-hybridized carbons (Fsp3) is 0.333. The van der Waals surface area contributed by atoms with Crippen LogP contribution in [0.1, 0.15) is 17.2 Å². The van der Waals surface area contributed by atoms with Crippen LogP contribution < -0.4 is 0 Å². The van der Waals surface area contributed by atoms with E-state index in [1.807, 2.05) is 24.3 Å². The summed E-state index contributed by atoms with van der Waals surface area (Å²) < 4.78 is 0. The summed E-state index contributed by atoms with van der Waals surface area (Å²) in [5.74, 6) is 0. The van der Waals surface area contributed by atoms with Crippen molar-refractivity contribution in [1.29, 1.82) is 0 Å². The number of hydrogen-bond donors (Lipinski definition) is 2. The third-order valence-electron chi connectivity index (χ3n) is 2.17. The molecule has 0 radical (unpaired) electrons. The maximum atomic E-state index is 9.40. The van der Waals surface area contributed by atoms with Gasteiger partial charge in [-0.25, -0.2) is 0 Å². The van der Waals surface area contributed by atoms with Crippen LogP contribution >= 0.6 is 0 Å². The molecule has 1 aliphatic rings. The van der Waals surface area contributed by atoms with Gasteiger partial charge < -0.3 is 10.2 Å². The molecular weight excluding hydrogens is 140 g/mol. The molecule has 0 unspecified atom stereocenters. The van der Waals surface area contributed by atoms with Crippen molar-refractivity contribution in [2.45, 2.75) is 18.6 Å². The van der Waals surface area contributed by atoms with Gasteiger partial charge in [-0.15, -0.1) is 0 Å². The van der Waals surface area contributed by atoms with Crippen molar-refractivity contribution in [3.05, 3.63) is 35.4 Å². The minimum absolute atomic E-state index is 0.581. The van der Waals surface area contributed by atoms with Crippen molar-refractivity contribution in [1.82, 2.24) is 0 Å². The van der Waals surface area contributed by atoms with Gasteiger partial charge in [0, 0.05) is 6.42 Å². The molecule has 11 heavy (non-hydrogen) atoms. The van der Waals surface area contributed by atoms with E-state index < -0.39 is 12.2 Å². The van der Waals surface area contributed by atoms with Gasteiger partial charge in [0.1, 0.15) is 6.10 Å². The van der Waals surface area contributed by atoms with Gasteiger partial charge in [0.25, 0.3) is 0 Å². The second-order valence-electron chi connectivity index (χ2n) is 2.92. The highest BCUT2D eigenvalue weighted by Gasteiger charge is 2.28. The molecule has 0 heterocycles. The maximum absolute atomic E-state index is 9.40. The molecule has 0 spiro atoms. The van der Waals surface area contributed by atoms with Crippen LogP contribution in [0.25, 0.3) is 0 Å². The van der Waals surface area contributed by atoms with Gasteiger partial charge in [0.2, 0.25) is 0 Å². The lowest BCUT2D eigenvalue weighted by atomic mass is 10.1. The zero-order chi connectivity index (χ0) is 7.84. The van der Waals surface area contributed by atoms with Crippen LogP contribution in [0.2, 0.25) is 0 Å². The van der Waals surface area contributed by atoms with Gasteiger partial charge >= 0.3 is 0 Å². The Labute approximate surface area is 65.1 Å². The zero-order valence-corrected chi connectivity index (χ0v) is 6.07. The van der Waals surface area contributed by atoms with E-state index in [4.69, 9.17) is 0 Å². The molecule has 1 aromatic rings. The Morgan fingerprint density at radius 1 is 1.18 bits per heavy atom. The predicted octanol–water partition coefficient (Wildman–Crippen LogP) is 0.637. The van der Waals surface area contributed by atoms with E-state index in [0.717, 1.165) is 11.1 Å². The summed E-state index contributed by atoms with van der Waals surface area (Å²) in [4.78, 5) is 0. The Hall–Kier alpha value is -0.860. The standard InChI is InChI=1S/C9H10O2/c10-8-5-6-3-1-2-4-7(6)9(8)11/h1-4,8-11H,5H2/t8-,9+/m1/s1. The van der Waals surface area contributed by atoms with Crippen LogP contribution in [0.4, 0.5) is 0 Å². The molecule has 2 rings (SSSR count). The fourth-order valence-electron chi connectivity index (χ4n) is 1.55. The van der Waals surface area contributed by atoms with Gasteiger partial charge in [-0.1, -0.05) is 24.3 Å². The first-order valence-corrected chi connectivity index (χ1v) is 3.73. The van der Waals surface area contributed by atoms with Crippen LogP contribution in [0.15, 0.2) is 24.3 Å². The van der Waals surface area contributed by atoms with E-state index in [1.165, 1.54) is 0 Å². The molecule has 0 aromatic heterocycles. The third-order valence-corrected chi connectivity index (χ3v) is 2.17. The van der Waals surface area contributed by atoms with Crippen LogP contribution in [-0.4, -0.2) is 16.3 Å². The van der Waals surface area contributed by atoms with Gasteiger partial charge in [-0.2, -0.15) is 0 Å². The molecule has 2 heteroatoms. The minimum Gasteiger partial charge on any atom is -0.390 e. The Morgan fingerprint density at radius 2 is 1.91 bits per heavy atom. The highest BCUT2D eigenvalue weighted by molar-refractivity contribution is 5.34. The maximum Gasteiger partial charge on any atom is 0.105 e. The summed E-state index contributed by atoms with van der Waals surface area (Å²) in [7, 11) is 0. The second-order valence-corrected chi connectivity index (χ2v) is 2.92. The van der Waals surface area contributed by atoms with Crippen molar-refractivity contribution in [3.63, 3.8) is 0 Å². The quantitative estimate of drug-likeness (QED) is 0.569. The fourth-order valence-corrected chi connectivity index (χ4v) is 1.55. The summed E-state index contributed by atoms with van der Waals surface area (Å²) in [6.07, 6.45) is -0.698. The van der Waals surface area contributed by atoms with Gasteiger partial charge in [0.15, 0.2) is 0 Å². The highest BCUT2D eigenvalue weighted by Crippen LogP contribution is 2.30. The number of rotatable bonds is 0. The first-order valence-electron chi connectivity index (χ1n) is 3.73. The molecule has 2 nitrogen and oxygen atoms in total. The summed E-state index contributed by atoms with van der Waals surface area (Å²) in [5.41, 5.74) is 1.94. The van der Waals surface area contributed by atoms with Gasteiger partial charge in [-0.3, -0.25) is 0 Å². The van der Waals surface area contributed by atoms with Crippen LogP contribution in [0.5, 0.6) is 0 Å². The van der Waals surface area contributed by atoms with E-state index >= 15 is 0 Å². The molecule has 2 atom stereocenters. The molecule has 0 bridgehead atoms. The minimum atomic E-state index is -0.675. The average Bonchev–Trinajstić information content (AvgIpc) is 2.30. The summed E-state index contributed by atoms with van der Waals surface area (Å²) in [6, 6.07) is 7.59. The molecule has 0 aliphatic heterocycles. The summed E-state index contributed by atoms with van der Waals surface area (Å²) in [6.45, 7) is 0. The largest absolute Gasteiger partial charge is 0.390 e. The lowest BCUT2D eigenvalue weighted by Gasteiger charge is -2.06. The van der Waals surface area contributed by atoms with Crippen molar-refractivity contribution < 1.29 is 10.2 Å². The zero-order valence-electron chi connectivity index (χ0n) is 6.07. The van der Waals surface area contributed by atoms with Crippen molar-refractivity contribution in [3.8, 4) is 0 Å². The van der Waals surface area contributed by atoms with Crippen molar-refractivity contribution in [2.24, 2.45) is 0 Å². The number of aliphatic hydroxyl groups excluding tert-OH is 2. The molecule has 1 aromatic carbocycles. The molecule has 0 amide bonds. The van der Waals surface area contributed by atoms with E-state index in [9.17, 15) is 10.2 Å². The molecule has 0 saturated carbocycles. The molecule has 0 fully saturated rings. The number of aliphatic hydroxyl groups is 2. The van der Waals surface area contributed by atoms with E-state index in [2.05, 4.69) is 0 Å². The monoisotopic (exact) mass is 150 g/mol. The lowest BCUT2D eigenvalue weighted by Crippen LogP contribution is -2.11. The van der Waals surface area contributed by atoms with E-state index in [-0.39, 0.29) is 0 Å². The first-order chi connectivity index (χ1) is 5.29. The predicted molar refractivity (Wildman–Crippen MR) is 41.1 cm³/mol. The van der Waals surface area contributed by atoms with Crippen molar-refractivity contribution >= 4 is 0 Å². The Balaban J connectivity index is 2.47. The Bertz CT molecular complexity index is 270. The van der Waals surface area contributed by atoms with E-state index in [1.54, 1.807) is 0 Å². The van der Waals surface area contributed by atoms with Crippen LogP contribution in [-0.2, 0) is 6.42 Å². The molecule has 1 aliphatic carbocycles. The topological polar surface area (TPSA) is 40.5 Å². The Kier molecular flexibility index (Phi) is 1.44. The van der Waals surface area contributed by atoms with Crippen LogP contribution in [0, 0.1) is 0 Å². The number of hydrogen-bond acceptors (Lipinski definition) is 2. The molecule has 0 saturated heterocycles. The SMILES string of the molecule is O[C@@H]1Cc2ccccc2[C@@H]1O. The summed E-state index contributed by atoms with van der Waals surface area (Å²) >= 11 is 0. The molecule has 58 valence electrons. The van der Waals surface area contributed by atoms with E-state index in [0.29, 0.717) is 6.42 Å². The number of benzene rings is 1. The molecular formula is C9H10O2. The first kappa shape index (κ1) is 6.83. The smallest absolute Gasteiger partial charge is 0.105 e. The Morgan fingerprint density at radius 3 is 2.64 bits per heavy atom. The van der Waals surface area contributed by atoms with Gasteiger partial charge in [0.05, 0.1) is 6.10 Å². The van der Waals surface area contributed by atoms with Crippen LogP contribution in [0.3, 0.4) is 0 Å². The lowest BCUT2D eigenvalue weighted by molar-refractivity contribution is 0.0326. The van der Waals surface area contributed by atoms with Gasteiger partial charge in [-0.05, 0) is 11.1 Å². The third kappa shape index (κ3) is 0.951. The van der Waals surface area contributed by atoms with Crippen molar-refractivity contribution in [2.75, 3.05) is 0 Å².